The van der Waals surface area contributed by atoms with Gasteiger partial charge in [-0.1, -0.05) is 43.3 Å². The minimum Gasteiger partial charge on any atom is -0.354 e. The van der Waals surface area contributed by atoms with Gasteiger partial charge in [0.1, 0.15) is 0 Å². The molecule has 1 amide bonds. The molecule has 0 N–H and O–H groups in total. The average molecular weight is 447 g/mol. The number of carbonyl (C=O) groups is 1. The van der Waals surface area contributed by atoms with Crippen molar-refractivity contribution in [2.24, 2.45) is 0 Å². The summed E-state index contributed by atoms with van der Waals surface area (Å²) in [5.74, 6) is 1.10. The highest BCUT2D eigenvalue weighted by Gasteiger charge is 2.35. The summed E-state index contributed by atoms with van der Waals surface area (Å²) in [6.07, 6.45) is 1.96. The highest BCUT2D eigenvalue weighted by Crippen LogP contribution is 2.43. The lowest BCUT2D eigenvalue weighted by Crippen LogP contribution is -2.47. The molecule has 5 rings (SSSR count). The van der Waals surface area contributed by atoms with Crippen LogP contribution in [0.15, 0.2) is 40.9 Å². The van der Waals surface area contributed by atoms with Crippen molar-refractivity contribution in [2.45, 2.75) is 46.0 Å². The lowest BCUT2D eigenvalue weighted by atomic mass is 9.74. The molecular weight excluding hydrogens is 412 g/mol. The van der Waals surface area contributed by atoms with Gasteiger partial charge in [0.25, 0.3) is 0 Å². The summed E-state index contributed by atoms with van der Waals surface area (Å²) in [4.78, 5) is 19.3. The lowest BCUT2D eigenvalue weighted by molar-refractivity contribution is -0.116. The van der Waals surface area contributed by atoms with Crippen molar-refractivity contribution < 1.29 is 9.32 Å². The summed E-state index contributed by atoms with van der Waals surface area (Å²) in [5.41, 5.74) is 6.04. The Balaban J connectivity index is 1.29. The van der Waals surface area contributed by atoms with Crippen molar-refractivity contribution in [1.29, 1.82) is 0 Å². The molecule has 2 aromatic carbocycles. The van der Waals surface area contributed by atoms with Crippen molar-refractivity contribution in [3.05, 3.63) is 53.1 Å². The van der Waals surface area contributed by atoms with Gasteiger partial charge in [0.15, 0.2) is 11.4 Å². The van der Waals surface area contributed by atoms with Crippen LogP contribution in [0.2, 0.25) is 0 Å². The van der Waals surface area contributed by atoms with Crippen LogP contribution < -0.4 is 9.80 Å². The molecule has 6 nitrogen and oxygen atoms in total. The Morgan fingerprint density at radius 2 is 1.82 bits per heavy atom. The van der Waals surface area contributed by atoms with Crippen LogP contribution in [0, 0.1) is 6.92 Å². The van der Waals surface area contributed by atoms with Crippen molar-refractivity contribution in [1.82, 2.24) is 10.1 Å². The molecule has 0 radical (unpaired) electrons. The number of anilines is 2. The van der Waals surface area contributed by atoms with E-state index in [4.69, 9.17) is 4.52 Å². The molecule has 0 aliphatic carbocycles. The molecule has 0 atom stereocenters. The van der Waals surface area contributed by atoms with Gasteiger partial charge in [0.05, 0.1) is 11.1 Å². The summed E-state index contributed by atoms with van der Waals surface area (Å²) in [6, 6.07) is 12.5. The van der Waals surface area contributed by atoms with Gasteiger partial charge in [0.2, 0.25) is 5.91 Å². The second kappa shape index (κ2) is 8.49. The van der Waals surface area contributed by atoms with Crippen LogP contribution in [0.4, 0.5) is 11.5 Å². The van der Waals surface area contributed by atoms with Crippen molar-refractivity contribution >= 4 is 28.4 Å². The molecule has 0 saturated carbocycles. The molecule has 1 fully saturated rings. The largest absolute Gasteiger partial charge is 0.354 e. The van der Waals surface area contributed by atoms with Crippen LogP contribution in [0.5, 0.6) is 0 Å². The number of aryl methyl sites for hydroxylation is 1. The number of piperazine rings is 1. The number of fused-ring (bicyclic) bond motifs is 2. The molecule has 3 aromatic rings. The molecule has 1 saturated heterocycles. The topological polar surface area (TPSA) is 52.8 Å². The Hall–Kier alpha value is -2.86. The first-order valence-electron chi connectivity index (χ1n) is 12.1. The van der Waals surface area contributed by atoms with Gasteiger partial charge in [-0.3, -0.25) is 9.69 Å². The third-order valence-electron chi connectivity index (χ3n) is 7.48. The molecule has 3 heterocycles. The number of aromatic nitrogens is 1. The normalized spacial score (nSPS) is 18.5. The van der Waals surface area contributed by atoms with E-state index in [0.717, 1.165) is 68.9 Å². The van der Waals surface area contributed by atoms with E-state index in [0.29, 0.717) is 0 Å². The monoisotopic (exact) mass is 446 g/mol. The number of benzene rings is 2. The Kier molecular flexibility index (Phi) is 5.65. The van der Waals surface area contributed by atoms with E-state index in [1.54, 1.807) is 6.92 Å². The summed E-state index contributed by atoms with van der Waals surface area (Å²) in [7, 11) is 0. The van der Waals surface area contributed by atoms with Gasteiger partial charge >= 0.3 is 0 Å². The Bertz CT molecular complexity index is 1170. The number of hydrogen-bond acceptors (Lipinski definition) is 5. The van der Waals surface area contributed by atoms with E-state index in [2.05, 4.69) is 53.9 Å². The molecule has 0 unspecified atom stereocenters. The molecule has 33 heavy (non-hydrogen) atoms. The predicted octanol–water partition coefficient (Wildman–Crippen LogP) is 4.54. The molecule has 2 aliphatic rings. The number of carbonyl (C=O) groups excluding carboxylic acids is 1. The quantitative estimate of drug-likeness (QED) is 0.589. The number of hydrogen-bond donors (Lipinski definition) is 0. The number of rotatable bonds is 4. The van der Waals surface area contributed by atoms with Gasteiger partial charge in [-0.15, -0.1) is 0 Å². The maximum atomic E-state index is 12.5. The molecule has 0 bridgehead atoms. The van der Waals surface area contributed by atoms with Crippen LogP contribution in [-0.2, 0) is 16.6 Å². The fraction of sp³-hybridized carbons (Fsp3) is 0.481. The zero-order valence-corrected chi connectivity index (χ0v) is 20.2. The van der Waals surface area contributed by atoms with Crippen LogP contribution in [0.25, 0.3) is 11.0 Å². The molecule has 2 aliphatic heterocycles. The predicted molar refractivity (Wildman–Crippen MR) is 133 cm³/mol. The van der Waals surface area contributed by atoms with Gasteiger partial charge in [-0.05, 0) is 54.0 Å². The van der Waals surface area contributed by atoms with Gasteiger partial charge < -0.3 is 14.3 Å². The number of amides is 1. The highest BCUT2D eigenvalue weighted by atomic mass is 16.5. The fourth-order valence-corrected chi connectivity index (χ4v) is 5.60. The zero-order valence-electron chi connectivity index (χ0n) is 20.2. The molecule has 174 valence electrons. The van der Waals surface area contributed by atoms with Gasteiger partial charge in [-0.2, -0.15) is 0 Å². The van der Waals surface area contributed by atoms with E-state index in [1.807, 2.05) is 23.1 Å². The highest BCUT2D eigenvalue weighted by molar-refractivity contribution is 5.94. The van der Waals surface area contributed by atoms with E-state index in [1.165, 1.54) is 22.4 Å². The van der Waals surface area contributed by atoms with Crippen molar-refractivity contribution in [3.63, 3.8) is 0 Å². The standard InChI is InChI=1S/C27H34N4O2/c1-19-9-10-21(25-24(19)27(3,4)12-14-31(25)20(2)32)11-13-29-15-17-30(18-16-29)26-22-7-5-6-8-23(22)33-28-26/h5-10H,11-18H2,1-4H3. The van der Waals surface area contributed by atoms with Crippen LogP contribution in [0.3, 0.4) is 0 Å². The van der Waals surface area contributed by atoms with Crippen LogP contribution in [0.1, 0.15) is 43.9 Å². The maximum absolute atomic E-state index is 12.5. The van der Waals surface area contributed by atoms with E-state index >= 15 is 0 Å². The summed E-state index contributed by atoms with van der Waals surface area (Å²) >= 11 is 0. The smallest absolute Gasteiger partial charge is 0.223 e. The lowest BCUT2D eigenvalue weighted by Gasteiger charge is -2.41. The van der Waals surface area contributed by atoms with Crippen LogP contribution >= 0.6 is 0 Å². The zero-order chi connectivity index (χ0) is 23.2. The van der Waals surface area contributed by atoms with Crippen LogP contribution in [-0.4, -0.2) is 55.2 Å². The SMILES string of the molecule is CC(=O)N1CCC(C)(C)c2c(C)ccc(CCN3CCN(c4noc5ccccc45)CC3)c21. The Morgan fingerprint density at radius 3 is 2.58 bits per heavy atom. The first-order chi connectivity index (χ1) is 15.8. The summed E-state index contributed by atoms with van der Waals surface area (Å²) < 4.78 is 5.51. The van der Waals surface area contributed by atoms with E-state index in [9.17, 15) is 4.79 Å². The first-order valence-corrected chi connectivity index (χ1v) is 12.1. The van der Waals surface area contributed by atoms with Gasteiger partial charge in [-0.25, -0.2) is 0 Å². The molecular formula is C27H34N4O2. The third-order valence-corrected chi connectivity index (χ3v) is 7.48. The van der Waals surface area contributed by atoms with E-state index < -0.39 is 0 Å². The maximum Gasteiger partial charge on any atom is 0.223 e. The minimum absolute atomic E-state index is 0.0906. The summed E-state index contributed by atoms with van der Waals surface area (Å²) in [6.45, 7) is 14.2. The van der Waals surface area contributed by atoms with Gasteiger partial charge in [0, 0.05) is 46.2 Å². The minimum atomic E-state index is 0.0906. The first kappa shape index (κ1) is 22.0. The van der Waals surface area contributed by atoms with Crippen molar-refractivity contribution in [2.75, 3.05) is 49.1 Å². The third kappa shape index (κ3) is 4.01. The fourth-order valence-electron chi connectivity index (χ4n) is 5.60. The number of para-hydroxylation sites is 1. The second-order valence-corrected chi connectivity index (χ2v) is 10.2. The molecule has 6 heteroatoms. The second-order valence-electron chi connectivity index (χ2n) is 10.2. The Labute approximate surface area is 196 Å². The van der Waals surface area contributed by atoms with E-state index in [-0.39, 0.29) is 11.3 Å². The summed E-state index contributed by atoms with van der Waals surface area (Å²) in [5, 5.41) is 5.41. The molecule has 1 aromatic heterocycles. The number of nitrogens with zero attached hydrogens (tertiary/aromatic N) is 4. The Morgan fingerprint density at radius 1 is 1.06 bits per heavy atom. The van der Waals surface area contributed by atoms with Crippen molar-refractivity contribution in [3.8, 4) is 0 Å². The average Bonchev–Trinajstić information content (AvgIpc) is 3.22. The molecule has 0 spiro atoms.